The van der Waals surface area contributed by atoms with Crippen molar-refractivity contribution in [1.29, 1.82) is 0 Å². The lowest BCUT2D eigenvalue weighted by Crippen LogP contribution is -2.29. The summed E-state index contributed by atoms with van der Waals surface area (Å²) in [6.45, 7) is 1.52. The number of likely N-dealkylation sites (N-methyl/N-ethyl adjacent to an activating group) is 2. The molecule has 0 aromatic carbocycles. The monoisotopic (exact) mass is 228 g/mol. The number of nitrogens with one attached hydrogen (secondary N) is 1. The van der Waals surface area contributed by atoms with Gasteiger partial charge in [0.1, 0.15) is 6.61 Å². The summed E-state index contributed by atoms with van der Waals surface area (Å²) in [7, 11) is 3.79. The van der Waals surface area contributed by atoms with Crippen LogP contribution in [0.15, 0.2) is 0 Å². The number of hydrogen-bond donors (Lipinski definition) is 1. The quantitative estimate of drug-likeness (QED) is 0.630. The van der Waals surface area contributed by atoms with Gasteiger partial charge in [-0.2, -0.15) is 13.2 Å². The summed E-state index contributed by atoms with van der Waals surface area (Å²) >= 11 is 0. The fourth-order valence-electron chi connectivity index (χ4n) is 1.04. The van der Waals surface area contributed by atoms with E-state index >= 15 is 0 Å². The lowest BCUT2D eigenvalue weighted by atomic mass is 10.4. The van der Waals surface area contributed by atoms with Gasteiger partial charge in [-0.15, -0.1) is 0 Å². The summed E-state index contributed by atoms with van der Waals surface area (Å²) in [5, 5.41) is 3.00. The average Bonchev–Trinajstić information content (AvgIpc) is 2.12. The molecular formula is C9H19F3N2O. The minimum atomic E-state index is -4.21. The smallest absolute Gasteiger partial charge is 0.372 e. The summed E-state index contributed by atoms with van der Waals surface area (Å²) in [6, 6.07) is 0. The minimum Gasteiger partial charge on any atom is -0.372 e. The largest absolute Gasteiger partial charge is 0.411 e. The van der Waals surface area contributed by atoms with Gasteiger partial charge in [0.05, 0.1) is 0 Å². The Balaban J connectivity index is 3.23. The predicted molar refractivity (Wildman–Crippen MR) is 52.9 cm³/mol. The van der Waals surface area contributed by atoms with Crippen LogP contribution in [0.1, 0.15) is 6.42 Å². The fourth-order valence-corrected chi connectivity index (χ4v) is 1.04. The number of nitrogens with zero attached hydrogens (tertiary/aromatic N) is 1. The van der Waals surface area contributed by atoms with Crippen molar-refractivity contribution in [1.82, 2.24) is 10.2 Å². The number of hydrogen-bond acceptors (Lipinski definition) is 3. The molecule has 15 heavy (non-hydrogen) atoms. The van der Waals surface area contributed by atoms with Crippen molar-refractivity contribution < 1.29 is 17.9 Å². The third-order valence-corrected chi connectivity index (χ3v) is 1.84. The highest BCUT2D eigenvalue weighted by Crippen LogP contribution is 2.14. The van der Waals surface area contributed by atoms with Crippen molar-refractivity contribution in [2.75, 3.05) is 46.9 Å². The second-order valence-corrected chi connectivity index (χ2v) is 3.43. The molecule has 0 unspecified atom stereocenters. The van der Waals surface area contributed by atoms with Crippen LogP contribution < -0.4 is 5.32 Å². The van der Waals surface area contributed by atoms with Crippen LogP contribution in [0.4, 0.5) is 13.2 Å². The van der Waals surface area contributed by atoms with Gasteiger partial charge in [-0.25, -0.2) is 0 Å². The molecule has 0 rings (SSSR count). The van der Waals surface area contributed by atoms with E-state index in [0.717, 1.165) is 19.6 Å². The Bertz CT molecular complexity index is 153. The molecule has 0 heterocycles. The molecule has 0 aliphatic heterocycles. The van der Waals surface area contributed by atoms with Crippen molar-refractivity contribution >= 4 is 0 Å². The maximum atomic E-state index is 11.7. The lowest BCUT2D eigenvalue weighted by molar-refractivity contribution is -0.174. The molecule has 0 aliphatic carbocycles. The molecule has 0 saturated carbocycles. The molecule has 0 aliphatic rings. The Morgan fingerprint density at radius 3 is 2.47 bits per heavy atom. The number of alkyl halides is 3. The van der Waals surface area contributed by atoms with Gasteiger partial charge in [-0.1, -0.05) is 0 Å². The van der Waals surface area contributed by atoms with E-state index < -0.39 is 12.8 Å². The van der Waals surface area contributed by atoms with E-state index in [1.807, 2.05) is 19.0 Å². The summed E-state index contributed by atoms with van der Waals surface area (Å²) in [4.78, 5) is 2.05. The zero-order chi connectivity index (χ0) is 11.7. The van der Waals surface area contributed by atoms with Crippen molar-refractivity contribution in [2.45, 2.75) is 12.6 Å². The first kappa shape index (κ1) is 14.7. The molecule has 3 nitrogen and oxygen atoms in total. The van der Waals surface area contributed by atoms with Gasteiger partial charge in [0.25, 0.3) is 0 Å². The third kappa shape index (κ3) is 11.6. The first-order chi connectivity index (χ1) is 6.95. The SMILES string of the molecule is CNCCN(C)CCCOCC(F)(F)F. The van der Waals surface area contributed by atoms with Crippen molar-refractivity contribution in [3.63, 3.8) is 0 Å². The van der Waals surface area contributed by atoms with Crippen LogP contribution in [-0.4, -0.2) is 58.0 Å². The molecule has 0 saturated heterocycles. The topological polar surface area (TPSA) is 24.5 Å². The van der Waals surface area contributed by atoms with E-state index in [0.29, 0.717) is 6.42 Å². The maximum Gasteiger partial charge on any atom is 0.411 e. The Morgan fingerprint density at radius 2 is 1.93 bits per heavy atom. The molecule has 0 amide bonds. The normalized spacial score (nSPS) is 12.4. The van der Waals surface area contributed by atoms with Gasteiger partial charge in [0, 0.05) is 26.2 Å². The maximum absolute atomic E-state index is 11.7. The van der Waals surface area contributed by atoms with Crippen LogP contribution in [0.3, 0.4) is 0 Å². The minimum absolute atomic E-state index is 0.156. The van der Waals surface area contributed by atoms with Gasteiger partial charge in [-0.3, -0.25) is 0 Å². The summed E-state index contributed by atoms with van der Waals surface area (Å²) in [6.07, 6.45) is -3.59. The first-order valence-electron chi connectivity index (χ1n) is 4.93. The average molecular weight is 228 g/mol. The Morgan fingerprint density at radius 1 is 1.27 bits per heavy atom. The zero-order valence-corrected chi connectivity index (χ0v) is 9.23. The first-order valence-corrected chi connectivity index (χ1v) is 4.93. The van der Waals surface area contributed by atoms with E-state index in [1.165, 1.54) is 0 Å². The van der Waals surface area contributed by atoms with Crippen LogP contribution >= 0.6 is 0 Å². The Hall–Kier alpha value is -0.330. The second-order valence-electron chi connectivity index (χ2n) is 3.43. The van der Waals surface area contributed by atoms with Gasteiger partial charge in [0.2, 0.25) is 0 Å². The predicted octanol–water partition coefficient (Wildman–Crippen LogP) is 1.11. The third-order valence-electron chi connectivity index (χ3n) is 1.84. The molecule has 0 fully saturated rings. The van der Waals surface area contributed by atoms with Crippen molar-refractivity contribution in [3.8, 4) is 0 Å². The van der Waals surface area contributed by atoms with E-state index in [-0.39, 0.29) is 6.61 Å². The van der Waals surface area contributed by atoms with Crippen LogP contribution in [0, 0.1) is 0 Å². The summed E-state index contributed by atoms with van der Waals surface area (Å²) < 4.78 is 39.5. The van der Waals surface area contributed by atoms with Crippen LogP contribution in [0.25, 0.3) is 0 Å². The van der Waals surface area contributed by atoms with Crippen molar-refractivity contribution in [3.05, 3.63) is 0 Å². The molecule has 0 bridgehead atoms. The molecular weight excluding hydrogens is 209 g/mol. The van der Waals surface area contributed by atoms with Gasteiger partial charge < -0.3 is 15.0 Å². The summed E-state index contributed by atoms with van der Waals surface area (Å²) in [5.74, 6) is 0. The fraction of sp³-hybridized carbons (Fsp3) is 1.00. The second kappa shape index (κ2) is 7.90. The molecule has 0 radical (unpaired) electrons. The van der Waals surface area contributed by atoms with Gasteiger partial charge >= 0.3 is 6.18 Å². The van der Waals surface area contributed by atoms with Crippen LogP contribution in [0.5, 0.6) is 0 Å². The lowest BCUT2D eigenvalue weighted by Gasteiger charge is -2.16. The Labute approximate surface area is 88.6 Å². The molecule has 1 N–H and O–H groups in total. The Kier molecular flexibility index (Phi) is 7.72. The number of rotatable bonds is 8. The number of ether oxygens (including phenoxy) is 1. The highest BCUT2D eigenvalue weighted by Gasteiger charge is 2.27. The molecule has 0 atom stereocenters. The van der Waals surface area contributed by atoms with E-state index in [1.54, 1.807) is 0 Å². The van der Waals surface area contributed by atoms with Crippen LogP contribution in [-0.2, 0) is 4.74 Å². The number of halogens is 3. The molecule has 0 aromatic rings. The molecule has 6 heteroatoms. The van der Waals surface area contributed by atoms with E-state index in [9.17, 15) is 13.2 Å². The molecule has 0 aromatic heterocycles. The van der Waals surface area contributed by atoms with Crippen LogP contribution in [0.2, 0.25) is 0 Å². The molecule has 92 valence electrons. The van der Waals surface area contributed by atoms with Gasteiger partial charge in [-0.05, 0) is 20.5 Å². The molecule has 0 spiro atoms. The van der Waals surface area contributed by atoms with E-state index in [2.05, 4.69) is 10.1 Å². The van der Waals surface area contributed by atoms with Crippen molar-refractivity contribution in [2.24, 2.45) is 0 Å². The summed E-state index contributed by atoms with van der Waals surface area (Å²) in [5.41, 5.74) is 0. The highest BCUT2D eigenvalue weighted by atomic mass is 19.4. The standard InChI is InChI=1S/C9H19F3N2O/c1-13-4-6-14(2)5-3-7-15-8-9(10,11)12/h13H,3-8H2,1-2H3. The zero-order valence-electron chi connectivity index (χ0n) is 9.23. The highest BCUT2D eigenvalue weighted by molar-refractivity contribution is 4.53. The van der Waals surface area contributed by atoms with Gasteiger partial charge in [0.15, 0.2) is 0 Å². The van der Waals surface area contributed by atoms with E-state index in [4.69, 9.17) is 0 Å².